The van der Waals surface area contributed by atoms with Crippen LogP contribution in [0.2, 0.25) is 0 Å². The van der Waals surface area contributed by atoms with Crippen molar-refractivity contribution < 1.29 is 47.6 Å². The predicted molar refractivity (Wildman–Crippen MR) is 194 cm³/mol. The van der Waals surface area contributed by atoms with Gasteiger partial charge in [-0.3, -0.25) is 4.90 Å². The van der Waals surface area contributed by atoms with Gasteiger partial charge in [-0.05, 0) is 101 Å². The number of ether oxygens (including phenoxy) is 6. The lowest BCUT2D eigenvalue weighted by Crippen LogP contribution is -2.48. The fourth-order valence-corrected chi connectivity index (χ4v) is 6.36. The number of rotatable bonds is 10. The zero-order chi connectivity index (χ0) is 38.7. The monoisotopic (exact) mass is 725 g/mol. The van der Waals surface area contributed by atoms with E-state index in [9.17, 15) is 19.2 Å². The standard InChI is InChI=1S/C39H55N3O10/c1-21(2)31(40-36(45)51-38(5,6)7)34(43)49-28-14-13-23-17-27-25-19-30(50-35(44)32(22(3)4)41-37(46)52-39(8,9)10)29(47-11)18-24(25)15-16-42(27)20-26(23)33(28)48-12/h13-14,18-19,21-22,27,31-32H,15-17,20H2,1-12H3,(H,40,45)(H,41,46). The van der Waals surface area contributed by atoms with Crippen LogP contribution in [0.5, 0.6) is 23.0 Å². The van der Waals surface area contributed by atoms with Crippen molar-refractivity contribution in [2.45, 2.75) is 118 Å². The highest BCUT2D eigenvalue weighted by atomic mass is 16.6. The topological polar surface area (TPSA) is 151 Å². The fraction of sp³-hybridized carbons (Fsp3) is 0.590. The van der Waals surface area contributed by atoms with Crippen LogP contribution in [-0.2, 0) is 38.4 Å². The summed E-state index contributed by atoms with van der Waals surface area (Å²) >= 11 is 0. The molecule has 0 radical (unpaired) electrons. The van der Waals surface area contributed by atoms with E-state index in [4.69, 9.17) is 28.4 Å². The van der Waals surface area contributed by atoms with Gasteiger partial charge < -0.3 is 39.1 Å². The summed E-state index contributed by atoms with van der Waals surface area (Å²) in [4.78, 5) is 54.2. The van der Waals surface area contributed by atoms with E-state index < -0.39 is 47.4 Å². The van der Waals surface area contributed by atoms with Crippen LogP contribution < -0.4 is 29.6 Å². The van der Waals surface area contributed by atoms with Crippen LogP contribution in [0.4, 0.5) is 9.59 Å². The molecule has 2 aromatic carbocycles. The Balaban J connectivity index is 1.58. The molecule has 0 saturated carbocycles. The Labute approximate surface area is 307 Å². The minimum atomic E-state index is -0.951. The van der Waals surface area contributed by atoms with Gasteiger partial charge in [0.1, 0.15) is 23.3 Å². The van der Waals surface area contributed by atoms with E-state index in [1.54, 1.807) is 54.7 Å². The Morgan fingerprint density at radius 1 is 0.731 bits per heavy atom. The van der Waals surface area contributed by atoms with E-state index in [0.29, 0.717) is 24.5 Å². The number of carbonyl (C=O) groups is 4. The summed E-state index contributed by atoms with van der Waals surface area (Å²) in [6.07, 6.45) is -0.0624. The second-order valence-electron chi connectivity index (χ2n) is 16.0. The molecule has 0 fully saturated rings. The van der Waals surface area contributed by atoms with Gasteiger partial charge in [-0.2, -0.15) is 0 Å². The predicted octanol–water partition coefficient (Wildman–Crippen LogP) is 6.27. The van der Waals surface area contributed by atoms with Crippen LogP contribution in [0.3, 0.4) is 0 Å². The van der Waals surface area contributed by atoms with Gasteiger partial charge in [-0.15, -0.1) is 0 Å². The Bertz CT molecular complexity index is 1660. The SMILES string of the molecule is COc1cc2c(cc1OC(=O)C(NC(=O)OC(C)(C)C)C(C)C)C1Cc3ccc(OC(=O)C(NC(=O)OC(C)(C)C)C(C)C)c(OC)c3CN1CC2. The molecule has 0 spiro atoms. The lowest BCUT2D eigenvalue weighted by Gasteiger charge is -2.42. The molecule has 2 N–H and O–H groups in total. The highest BCUT2D eigenvalue weighted by molar-refractivity contribution is 5.84. The van der Waals surface area contributed by atoms with Crippen molar-refractivity contribution in [2.75, 3.05) is 20.8 Å². The molecule has 2 aliphatic heterocycles. The number of nitrogens with zero attached hydrogens (tertiary/aromatic N) is 1. The summed E-state index contributed by atoms with van der Waals surface area (Å²) in [5.74, 6) is -0.400. The van der Waals surface area contributed by atoms with E-state index in [-0.39, 0.29) is 29.4 Å². The summed E-state index contributed by atoms with van der Waals surface area (Å²) in [7, 11) is 3.07. The summed E-state index contributed by atoms with van der Waals surface area (Å²) in [6.45, 7) is 19.0. The second-order valence-corrected chi connectivity index (χ2v) is 16.0. The average Bonchev–Trinajstić information content (AvgIpc) is 3.02. The third-order valence-corrected chi connectivity index (χ3v) is 8.80. The Kier molecular flexibility index (Phi) is 12.4. The molecule has 2 aromatic rings. The molecule has 2 heterocycles. The van der Waals surface area contributed by atoms with Gasteiger partial charge >= 0.3 is 24.1 Å². The average molecular weight is 726 g/mol. The molecule has 13 heteroatoms. The van der Waals surface area contributed by atoms with Crippen molar-refractivity contribution in [1.29, 1.82) is 0 Å². The third kappa shape index (κ3) is 9.87. The summed E-state index contributed by atoms with van der Waals surface area (Å²) in [6, 6.07) is 5.48. The van der Waals surface area contributed by atoms with Crippen molar-refractivity contribution in [3.05, 3.63) is 46.5 Å². The molecule has 3 unspecified atom stereocenters. The number of hydrogen-bond donors (Lipinski definition) is 2. The number of carbonyl (C=O) groups excluding carboxylic acids is 4. The van der Waals surface area contributed by atoms with Gasteiger partial charge in [-0.1, -0.05) is 33.8 Å². The van der Waals surface area contributed by atoms with E-state index in [1.165, 1.54) is 7.11 Å². The van der Waals surface area contributed by atoms with E-state index in [2.05, 4.69) is 15.5 Å². The summed E-state index contributed by atoms with van der Waals surface area (Å²) in [5.41, 5.74) is 2.57. The number of fused-ring (bicyclic) bond motifs is 4. The molecule has 2 amide bonds. The molecule has 0 aliphatic carbocycles. The first-order chi connectivity index (χ1) is 24.2. The third-order valence-electron chi connectivity index (χ3n) is 8.80. The lowest BCUT2D eigenvalue weighted by molar-refractivity contribution is -0.138. The van der Waals surface area contributed by atoms with Crippen LogP contribution in [0.1, 0.15) is 97.5 Å². The van der Waals surface area contributed by atoms with Crippen molar-refractivity contribution in [2.24, 2.45) is 11.8 Å². The van der Waals surface area contributed by atoms with Crippen LogP contribution in [0, 0.1) is 11.8 Å². The zero-order valence-electron chi connectivity index (χ0n) is 32.6. The largest absolute Gasteiger partial charge is 0.493 e. The van der Waals surface area contributed by atoms with Gasteiger partial charge in [0.2, 0.25) is 0 Å². The van der Waals surface area contributed by atoms with Crippen molar-refractivity contribution >= 4 is 24.1 Å². The molecule has 0 aromatic heterocycles. The Morgan fingerprint density at radius 3 is 1.75 bits per heavy atom. The second kappa shape index (κ2) is 16.0. The van der Waals surface area contributed by atoms with E-state index in [0.717, 1.165) is 35.2 Å². The first-order valence-electron chi connectivity index (χ1n) is 17.8. The molecule has 4 rings (SSSR count). The molecule has 0 bridgehead atoms. The van der Waals surface area contributed by atoms with Crippen LogP contribution in [0.15, 0.2) is 24.3 Å². The van der Waals surface area contributed by atoms with Crippen LogP contribution in [-0.4, -0.2) is 73.1 Å². The number of amides is 2. The first kappa shape index (κ1) is 40.3. The first-order valence-corrected chi connectivity index (χ1v) is 17.8. The number of nitrogens with one attached hydrogen (secondary N) is 2. The van der Waals surface area contributed by atoms with Crippen LogP contribution >= 0.6 is 0 Å². The Morgan fingerprint density at radius 2 is 1.27 bits per heavy atom. The van der Waals surface area contributed by atoms with Crippen LogP contribution in [0.25, 0.3) is 0 Å². The molecule has 2 aliphatic rings. The number of methoxy groups -OCH3 is 2. The Hall–Kier alpha value is -4.52. The van der Waals surface area contributed by atoms with Crippen molar-refractivity contribution in [3.8, 4) is 23.0 Å². The molecule has 3 atom stereocenters. The summed E-state index contributed by atoms with van der Waals surface area (Å²) < 4.78 is 34.0. The quantitative estimate of drug-likeness (QED) is 0.211. The smallest absolute Gasteiger partial charge is 0.408 e. The minimum Gasteiger partial charge on any atom is -0.493 e. The lowest BCUT2D eigenvalue weighted by atomic mass is 9.83. The number of benzene rings is 2. The molecule has 52 heavy (non-hydrogen) atoms. The fourth-order valence-electron chi connectivity index (χ4n) is 6.36. The van der Waals surface area contributed by atoms with Gasteiger partial charge in [0.05, 0.1) is 14.2 Å². The molecular weight excluding hydrogens is 670 g/mol. The van der Waals surface area contributed by atoms with Gasteiger partial charge in [0.15, 0.2) is 23.0 Å². The van der Waals surface area contributed by atoms with E-state index >= 15 is 0 Å². The number of hydrogen-bond acceptors (Lipinski definition) is 11. The van der Waals surface area contributed by atoms with Gasteiger partial charge in [-0.25, -0.2) is 19.2 Å². The highest BCUT2D eigenvalue weighted by Crippen LogP contribution is 2.46. The zero-order valence-corrected chi connectivity index (χ0v) is 32.6. The number of alkyl carbamates (subject to hydrolysis) is 2. The van der Waals surface area contributed by atoms with Crippen molar-refractivity contribution in [3.63, 3.8) is 0 Å². The van der Waals surface area contributed by atoms with Crippen molar-refractivity contribution in [1.82, 2.24) is 15.5 Å². The molecule has 13 nitrogen and oxygen atoms in total. The van der Waals surface area contributed by atoms with Gasteiger partial charge in [0.25, 0.3) is 0 Å². The van der Waals surface area contributed by atoms with E-state index in [1.807, 2.05) is 45.9 Å². The molecule has 0 saturated heterocycles. The number of esters is 2. The van der Waals surface area contributed by atoms with Gasteiger partial charge in [0, 0.05) is 24.7 Å². The maximum Gasteiger partial charge on any atom is 0.408 e. The highest BCUT2D eigenvalue weighted by Gasteiger charge is 2.37. The molecular formula is C39H55N3O10. The molecule has 286 valence electrons. The summed E-state index contributed by atoms with van der Waals surface area (Å²) in [5, 5.41) is 5.29. The minimum absolute atomic E-state index is 0.0400. The maximum absolute atomic E-state index is 13.5. The maximum atomic E-state index is 13.5. The normalized spacial score (nSPS) is 16.8.